The number of carbonyl (C=O) groups excluding carboxylic acids is 1. The molecule has 1 heterocycles. The molecule has 0 N–H and O–H groups in total. The molecule has 0 aliphatic carbocycles. The molecule has 1 amide bonds. The number of hydrazone groups is 1. The minimum atomic E-state index is -0.243. The van der Waals surface area contributed by atoms with Crippen molar-refractivity contribution in [3.8, 4) is 6.07 Å². The molecule has 1 aromatic rings. The van der Waals surface area contributed by atoms with E-state index in [-0.39, 0.29) is 11.2 Å². The molecule has 86 valence electrons. The Morgan fingerprint density at radius 2 is 2.06 bits per heavy atom. The smallest absolute Gasteiger partial charge is 0.261 e. The molecule has 0 spiro atoms. The zero-order chi connectivity index (χ0) is 12.4. The fourth-order valence-corrected chi connectivity index (χ4v) is 2.60. The van der Waals surface area contributed by atoms with Gasteiger partial charge in [0.05, 0.1) is 17.3 Å². The molecule has 0 saturated carbocycles. The minimum absolute atomic E-state index is 0.00291. The van der Waals surface area contributed by atoms with E-state index in [0.29, 0.717) is 5.56 Å². The Morgan fingerprint density at radius 1 is 1.41 bits per heavy atom. The summed E-state index contributed by atoms with van der Waals surface area (Å²) in [5, 5.41) is 13.9. The molecule has 0 fully saturated rings. The zero-order valence-electron chi connectivity index (χ0n) is 9.54. The third-order valence-electron chi connectivity index (χ3n) is 2.47. The third-order valence-corrected chi connectivity index (χ3v) is 3.79. The fourth-order valence-electron chi connectivity index (χ4n) is 1.57. The van der Waals surface area contributed by atoms with E-state index >= 15 is 0 Å². The number of nitriles is 1. The van der Waals surface area contributed by atoms with Crippen LogP contribution in [-0.4, -0.2) is 28.9 Å². The Morgan fingerprint density at radius 3 is 2.53 bits per heavy atom. The van der Waals surface area contributed by atoms with Crippen LogP contribution in [0.5, 0.6) is 0 Å². The number of nitrogens with zero attached hydrogens (tertiary/aromatic N) is 3. The van der Waals surface area contributed by atoms with Crippen LogP contribution in [0.15, 0.2) is 34.3 Å². The molecule has 0 aromatic heterocycles. The first-order valence-electron chi connectivity index (χ1n) is 5.11. The van der Waals surface area contributed by atoms with Crippen molar-refractivity contribution in [2.24, 2.45) is 5.10 Å². The van der Waals surface area contributed by atoms with Crippen molar-refractivity contribution in [2.75, 3.05) is 7.05 Å². The van der Waals surface area contributed by atoms with Gasteiger partial charge in [-0.1, -0.05) is 0 Å². The van der Waals surface area contributed by atoms with Gasteiger partial charge in [-0.25, -0.2) is 5.01 Å². The molecule has 1 aliphatic rings. The van der Waals surface area contributed by atoms with Gasteiger partial charge < -0.3 is 0 Å². The van der Waals surface area contributed by atoms with E-state index in [9.17, 15) is 4.79 Å². The Balaban J connectivity index is 2.14. The van der Waals surface area contributed by atoms with E-state index in [1.165, 1.54) is 16.8 Å². The maximum atomic E-state index is 11.8. The molecular formula is C12H11N3OS. The summed E-state index contributed by atoms with van der Waals surface area (Å²) in [5.41, 5.74) is 1.43. The summed E-state index contributed by atoms with van der Waals surface area (Å²) in [6.07, 6.45) is 0. The van der Waals surface area contributed by atoms with Gasteiger partial charge in [0.2, 0.25) is 0 Å². The van der Waals surface area contributed by atoms with Gasteiger partial charge in [0.25, 0.3) is 5.91 Å². The number of thioether (sulfide) groups is 1. The van der Waals surface area contributed by atoms with Crippen LogP contribution in [0.25, 0.3) is 0 Å². The van der Waals surface area contributed by atoms with Gasteiger partial charge in [-0.3, -0.25) is 4.79 Å². The molecule has 2 rings (SSSR count). The average Bonchev–Trinajstić information content (AvgIpc) is 2.57. The highest BCUT2D eigenvalue weighted by atomic mass is 32.2. The summed E-state index contributed by atoms with van der Waals surface area (Å²) >= 11 is 1.46. The van der Waals surface area contributed by atoms with Crippen molar-refractivity contribution in [3.63, 3.8) is 0 Å². The van der Waals surface area contributed by atoms with E-state index in [2.05, 4.69) is 11.2 Å². The molecule has 1 aliphatic heterocycles. The molecule has 1 unspecified atom stereocenters. The van der Waals surface area contributed by atoms with E-state index in [1.807, 2.05) is 19.1 Å². The van der Waals surface area contributed by atoms with Crippen molar-refractivity contribution in [1.82, 2.24) is 5.01 Å². The molecule has 1 aromatic carbocycles. The first-order chi connectivity index (χ1) is 8.11. The molecule has 0 bridgehead atoms. The SMILES string of the molecule is CC1=NN(C)C(=O)C1Sc1ccc(C#N)cc1. The summed E-state index contributed by atoms with van der Waals surface area (Å²) in [4.78, 5) is 12.7. The predicted molar refractivity (Wildman–Crippen MR) is 66.7 cm³/mol. The molecular weight excluding hydrogens is 234 g/mol. The standard InChI is InChI=1S/C12H11N3OS/c1-8-11(12(16)15(2)14-8)17-10-5-3-9(7-13)4-6-10/h3-6,11H,1-2H3. The second kappa shape index (κ2) is 4.60. The number of rotatable bonds is 2. The number of carbonyl (C=O) groups is 1. The number of benzene rings is 1. The Labute approximate surface area is 104 Å². The van der Waals surface area contributed by atoms with Crippen LogP contribution in [0.4, 0.5) is 0 Å². The minimum Gasteiger partial charge on any atom is -0.271 e. The van der Waals surface area contributed by atoms with E-state index in [4.69, 9.17) is 5.26 Å². The molecule has 0 saturated heterocycles. The second-order valence-corrected chi connectivity index (χ2v) is 4.92. The molecule has 1 atom stereocenters. The molecule has 4 nitrogen and oxygen atoms in total. The van der Waals surface area contributed by atoms with Gasteiger partial charge in [0.15, 0.2) is 0 Å². The average molecular weight is 245 g/mol. The van der Waals surface area contributed by atoms with Crippen LogP contribution in [0, 0.1) is 11.3 Å². The van der Waals surface area contributed by atoms with Gasteiger partial charge in [-0.15, -0.1) is 11.8 Å². The number of amides is 1. The summed E-state index contributed by atoms with van der Waals surface area (Å²) in [6, 6.07) is 9.26. The van der Waals surface area contributed by atoms with Crippen molar-refractivity contribution >= 4 is 23.4 Å². The molecule has 5 heteroatoms. The monoisotopic (exact) mass is 245 g/mol. The number of hydrogen-bond acceptors (Lipinski definition) is 4. The van der Waals surface area contributed by atoms with Crippen molar-refractivity contribution in [3.05, 3.63) is 29.8 Å². The summed E-state index contributed by atoms with van der Waals surface area (Å²) in [6.45, 7) is 1.85. The number of hydrogen-bond donors (Lipinski definition) is 0. The Kier molecular flexibility index (Phi) is 3.16. The lowest BCUT2D eigenvalue weighted by atomic mass is 10.2. The third kappa shape index (κ3) is 2.32. The lowest BCUT2D eigenvalue weighted by Gasteiger charge is -2.09. The zero-order valence-corrected chi connectivity index (χ0v) is 10.4. The maximum Gasteiger partial charge on any atom is 0.261 e. The maximum absolute atomic E-state index is 11.8. The first-order valence-corrected chi connectivity index (χ1v) is 5.99. The molecule has 0 radical (unpaired) electrons. The fraction of sp³-hybridized carbons (Fsp3) is 0.250. The van der Waals surface area contributed by atoms with Crippen molar-refractivity contribution in [2.45, 2.75) is 17.1 Å². The van der Waals surface area contributed by atoms with Crippen LogP contribution in [0.1, 0.15) is 12.5 Å². The summed E-state index contributed by atoms with van der Waals surface area (Å²) in [5.74, 6) is -0.00291. The van der Waals surface area contributed by atoms with Crippen LogP contribution < -0.4 is 0 Å². The van der Waals surface area contributed by atoms with E-state index < -0.39 is 0 Å². The quantitative estimate of drug-likeness (QED) is 0.799. The van der Waals surface area contributed by atoms with Gasteiger partial charge in [-0.2, -0.15) is 10.4 Å². The van der Waals surface area contributed by atoms with Crippen LogP contribution in [0.2, 0.25) is 0 Å². The highest BCUT2D eigenvalue weighted by Gasteiger charge is 2.31. The normalized spacial score (nSPS) is 19.1. The second-order valence-electron chi connectivity index (χ2n) is 3.74. The van der Waals surface area contributed by atoms with Crippen LogP contribution >= 0.6 is 11.8 Å². The summed E-state index contributed by atoms with van der Waals surface area (Å²) < 4.78 is 0. The largest absolute Gasteiger partial charge is 0.271 e. The van der Waals surface area contributed by atoms with Crippen LogP contribution in [-0.2, 0) is 4.79 Å². The Bertz CT molecular complexity index is 516. The topological polar surface area (TPSA) is 56.5 Å². The Hall–Kier alpha value is -1.80. The lowest BCUT2D eigenvalue weighted by molar-refractivity contribution is -0.126. The molecule has 17 heavy (non-hydrogen) atoms. The van der Waals surface area contributed by atoms with E-state index in [1.54, 1.807) is 19.2 Å². The van der Waals surface area contributed by atoms with Crippen molar-refractivity contribution in [1.29, 1.82) is 5.26 Å². The van der Waals surface area contributed by atoms with Gasteiger partial charge >= 0.3 is 0 Å². The van der Waals surface area contributed by atoms with Gasteiger partial charge in [-0.05, 0) is 31.2 Å². The van der Waals surface area contributed by atoms with Crippen molar-refractivity contribution < 1.29 is 4.79 Å². The lowest BCUT2D eigenvalue weighted by Crippen LogP contribution is -2.26. The van der Waals surface area contributed by atoms with Gasteiger partial charge in [0.1, 0.15) is 5.25 Å². The van der Waals surface area contributed by atoms with E-state index in [0.717, 1.165) is 10.6 Å². The first kappa shape index (κ1) is 11.7. The van der Waals surface area contributed by atoms with Crippen LogP contribution in [0.3, 0.4) is 0 Å². The highest BCUT2D eigenvalue weighted by molar-refractivity contribution is 8.01. The van der Waals surface area contributed by atoms with Gasteiger partial charge in [0, 0.05) is 11.9 Å². The summed E-state index contributed by atoms with van der Waals surface area (Å²) in [7, 11) is 1.66. The predicted octanol–water partition coefficient (Wildman–Crippen LogP) is 1.87. The highest BCUT2D eigenvalue weighted by Crippen LogP contribution is 2.28.